The lowest BCUT2D eigenvalue weighted by Crippen LogP contribution is -2.38. The van der Waals surface area contributed by atoms with Crippen LogP contribution in [0.4, 0.5) is 5.69 Å². The fourth-order valence-corrected chi connectivity index (χ4v) is 3.63. The normalized spacial score (nSPS) is 14.2. The van der Waals surface area contributed by atoms with Crippen LogP contribution in [0.1, 0.15) is 28.8 Å². The highest BCUT2D eigenvalue weighted by atomic mass is 16.6. The minimum Gasteiger partial charge on any atom is -0.496 e. The van der Waals surface area contributed by atoms with E-state index in [1.807, 2.05) is 24.3 Å². The third-order valence-corrected chi connectivity index (χ3v) is 5.52. The van der Waals surface area contributed by atoms with Gasteiger partial charge in [0.1, 0.15) is 18.1 Å². The van der Waals surface area contributed by atoms with E-state index in [9.17, 15) is 14.9 Å². The van der Waals surface area contributed by atoms with Crippen molar-refractivity contribution in [3.8, 4) is 11.5 Å². The van der Waals surface area contributed by atoms with E-state index >= 15 is 0 Å². The summed E-state index contributed by atoms with van der Waals surface area (Å²) in [7, 11) is 3.52. The average Bonchev–Trinajstić information content (AvgIpc) is 2.82. The Morgan fingerprint density at radius 1 is 1.25 bits per heavy atom. The Morgan fingerprint density at radius 3 is 2.75 bits per heavy atom. The number of hydrogen-bond donors (Lipinski definition) is 1. The van der Waals surface area contributed by atoms with Crippen LogP contribution >= 0.6 is 0 Å². The summed E-state index contributed by atoms with van der Waals surface area (Å²) in [5.74, 6) is 0.554. The van der Waals surface area contributed by atoms with E-state index in [0.29, 0.717) is 12.6 Å². The molecule has 0 bridgehead atoms. The highest BCUT2D eigenvalue weighted by Gasteiger charge is 2.19. The maximum Gasteiger partial charge on any atom is 0.270 e. The average molecular weight is 444 g/mol. The van der Waals surface area contributed by atoms with Gasteiger partial charge in [-0.05, 0) is 43.7 Å². The van der Waals surface area contributed by atoms with Gasteiger partial charge in [0.2, 0.25) is 0 Å². The molecule has 9 heteroatoms. The Bertz CT molecular complexity index is 930. The Kier molecular flexibility index (Phi) is 8.41. The first-order valence-electron chi connectivity index (χ1n) is 10.6. The van der Waals surface area contributed by atoms with Crippen LogP contribution in [0, 0.1) is 10.1 Å². The van der Waals surface area contributed by atoms with E-state index in [2.05, 4.69) is 17.3 Å². The van der Waals surface area contributed by atoms with Crippen LogP contribution < -0.4 is 14.8 Å². The number of amides is 1. The van der Waals surface area contributed by atoms with Crippen molar-refractivity contribution in [3.63, 3.8) is 0 Å². The molecule has 0 aliphatic carbocycles. The molecule has 1 saturated heterocycles. The van der Waals surface area contributed by atoms with E-state index in [1.54, 1.807) is 0 Å². The number of nitrogens with zero attached hydrogens (tertiary/aromatic N) is 2. The summed E-state index contributed by atoms with van der Waals surface area (Å²) in [6.45, 7) is 3.26. The summed E-state index contributed by atoms with van der Waals surface area (Å²) in [5, 5.41) is 13.8. The number of ether oxygens (including phenoxy) is 3. The molecule has 1 aliphatic rings. The van der Waals surface area contributed by atoms with Crippen LogP contribution in [0.2, 0.25) is 0 Å². The summed E-state index contributed by atoms with van der Waals surface area (Å²) in [5.41, 5.74) is 0.806. The monoisotopic (exact) mass is 443 g/mol. The van der Waals surface area contributed by atoms with Crippen molar-refractivity contribution in [3.05, 3.63) is 63.7 Å². The molecule has 2 aromatic rings. The molecule has 172 valence electrons. The molecule has 1 fully saturated rings. The van der Waals surface area contributed by atoms with Crippen LogP contribution in [-0.2, 0) is 11.3 Å². The van der Waals surface area contributed by atoms with E-state index in [1.165, 1.54) is 25.3 Å². The first-order chi connectivity index (χ1) is 15.5. The molecule has 0 saturated carbocycles. The van der Waals surface area contributed by atoms with Gasteiger partial charge in [0.15, 0.2) is 0 Å². The van der Waals surface area contributed by atoms with Gasteiger partial charge >= 0.3 is 0 Å². The summed E-state index contributed by atoms with van der Waals surface area (Å²) in [6.07, 6.45) is 2.09. The lowest BCUT2D eigenvalue weighted by Gasteiger charge is -2.31. The zero-order chi connectivity index (χ0) is 22.9. The molecule has 0 atom stereocenters. The Labute approximate surface area is 187 Å². The van der Waals surface area contributed by atoms with Gasteiger partial charge < -0.3 is 19.5 Å². The quantitative estimate of drug-likeness (QED) is 0.445. The second-order valence-corrected chi connectivity index (χ2v) is 7.64. The van der Waals surface area contributed by atoms with Crippen molar-refractivity contribution in [1.82, 2.24) is 10.2 Å². The van der Waals surface area contributed by atoms with Crippen molar-refractivity contribution >= 4 is 11.6 Å². The molecule has 9 nitrogen and oxygen atoms in total. The summed E-state index contributed by atoms with van der Waals surface area (Å²) in [4.78, 5) is 25.4. The molecular weight excluding hydrogens is 414 g/mol. The SMILES string of the molecule is COc1ccc([N+](=O)[O-])cc1C(=O)NCc1cccc(OCCN(C)C2CCOCC2)c1. The molecule has 2 aromatic carbocycles. The van der Waals surface area contributed by atoms with Gasteiger partial charge in [-0.15, -0.1) is 0 Å². The maximum absolute atomic E-state index is 12.6. The number of likely N-dealkylation sites (N-methyl/N-ethyl adjacent to an activating group) is 1. The maximum atomic E-state index is 12.6. The molecule has 3 rings (SSSR count). The molecular formula is C23H29N3O6. The van der Waals surface area contributed by atoms with Crippen molar-refractivity contribution < 1.29 is 23.9 Å². The largest absolute Gasteiger partial charge is 0.496 e. The predicted octanol–water partition coefficient (Wildman–Crippen LogP) is 3.02. The van der Waals surface area contributed by atoms with E-state index < -0.39 is 10.8 Å². The van der Waals surface area contributed by atoms with Crippen LogP contribution in [0.3, 0.4) is 0 Å². The fourth-order valence-electron chi connectivity index (χ4n) is 3.63. The molecule has 1 N–H and O–H groups in total. The molecule has 0 spiro atoms. The minimum absolute atomic E-state index is 0.116. The number of carbonyl (C=O) groups excluding carboxylic acids is 1. The molecule has 32 heavy (non-hydrogen) atoms. The van der Waals surface area contributed by atoms with Crippen molar-refractivity contribution in [1.29, 1.82) is 0 Å². The van der Waals surface area contributed by atoms with Gasteiger partial charge in [-0.25, -0.2) is 0 Å². The zero-order valence-electron chi connectivity index (χ0n) is 18.4. The number of rotatable bonds is 10. The van der Waals surface area contributed by atoms with Gasteiger partial charge in [0.25, 0.3) is 11.6 Å². The molecule has 1 aliphatic heterocycles. The van der Waals surface area contributed by atoms with Crippen LogP contribution in [0.5, 0.6) is 11.5 Å². The molecule has 0 radical (unpaired) electrons. The second-order valence-electron chi connectivity index (χ2n) is 7.64. The third kappa shape index (κ3) is 6.41. The van der Waals surface area contributed by atoms with E-state index in [-0.39, 0.29) is 23.5 Å². The standard InChI is InChI=1S/C23H29N3O6/c1-25(18-8-11-31-12-9-18)10-13-32-20-5-3-4-17(14-20)16-24-23(27)21-15-19(26(28)29)6-7-22(21)30-2/h3-7,14-15,18H,8-13,16H2,1-2H3,(H,24,27). The van der Waals surface area contributed by atoms with Gasteiger partial charge in [-0.2, -0.15) is 0 Å². The summed E-state index contributed by atoms with van der Waals surface area (Å²) < 4.78 is 16.5. The highest BCUT2D eigenvalue weighted by molar-refractivity contribution is 5.97. The molecule has 0 aromatic heterocycles. The zero-order valence-corrected chi connectivity index (χ0v) is 18.4. The van der Waals surface area contributed by atoms with Crippen LogP contribution in [0.25, 0.3) is 0 Å². The number of benzene rings is 2. The number of methoxy groups -OCH3 is 1. The first kappa shape index (κ1) is 23.5. The van der Waals surface area contributed by atoms with Gasteiger partial charge in [0, 0.05) is 44.5 Å². The predicted molar refractivity (Wildman–Crippen MR) is 119 cm³/mol. The van der Waals surface area contributed by atoms with Crippen molar-refractivity contribution in [2.24, 2.45) is 0 Å². The number of nitrogens with one attached hydrogen (secondary N) is 1. The Balaban J connectivity index is 1.53. The number of carbonyl (C=O) groups is 1. The molecule has 0 unspecified atom stereocenters. The number of non-ortho nitro benzene ring substituents is 1. The van der Waals surface area contributed by atoms with E-state index in [4.69, 9.17) is 14.2 Å². The molecule has 1 heterocycles. The second kappa shape index (κ2) is 11.4. The minimum atomic E-state index is -0.545. The van der Waals surface area contributed by atoms with Gasteiger partial charge in [-0.3, -0.25) is 19.8 Å². The summed E-state index contributed by atoms with van der Waals surface area (Å²) in [6, 6.07) is 12.0. The number of nitro groups is 1. The number of nitro benzene ring substituents is 1. The topological polar surface area (TPSA) is 103 Å². The Hall–Kier alpha value is -3.17. The van der Waals surface area contributed by atoms with Gasteiger partial charge in [-0.1, -0.05) is 12.1 Å². The number of hydrogen-bond acceptors (Lipinski definition) is 7. The third-order valence-electron chi connectivity index (χ3n) is 5.52. The lowest BCUT2D eigenvalue weighted by molar-refractivity contribution is -0.384. The smallest absolute Gasteiger partial charge is 0.270 e. The van der Waals surface area contributed by atoms with Crippen molar-refractivity contribution in [2.75, 3.05) is 40.5 Å². The fraction of sp³-hybridized carbons (Fsp3) is 0.435. The lowest BCUT2D eigenvalue weighted by atomic mass is 10.1. The van der Waals surface area contributed by atoms with Gasteiger partial charge in [0.05, 0.1) is 17.6 Å². The molecule has 1 amide bonds. The van der Waals surface area contributed by atoms with Crippen molar-refractivity contribution in [2.45, 2.75) is 25.4 Å². The first-order valence-corrected chi connectivity index (χ1v) is 10.6. The van der Waals surface area contributed by atoms with Crippen LogP contribution in [-0.4, -0.2) is 62.3 Å². The van der Waals surface area contributed by atoms with Crippen LogP contribution in [0.15, 0.2) is 42.5 Å². The Morgan fingerprint density at radius 2 is 2.03 bits per heavy atom. The summed E-state index contributed by atoms with van der Waals surface area (Å²) >= 11 is 0. The highest BCUT2D eigenvalue weighted by Crippen LogP contribution is 2.24. The van der Waals surface area contributed by atoms with E-state index in [0.717, 1.165) is 43.9 Å².